The Labute approximate surface area is 111 Å². The highest BCUT2D eigenvalue weighted by Gasteiger charge is 2.16. The van der Waals surface area contributed by atoms with Crippen molar-refractivity contribution in [2.75, 3.05) is 20.2 Å². The van der Waals surface area contributed by atoms with Gasteiger partial charge in [0, 0.05) is 13.1 Å². The first-order chi connectivity index (χ1) is 8.58. The van der Waals surface area contributed by atoms with Gasteiger partial charge in [0.2, 0.25) is 0 Å². The van der Waals surface area contributed by atoms with Crippen LogP contribution in [0.3, 0.4) is 0 Å². The first-order valence-corrected chi connectivity index (χ1v) is 5.95. The molecule has 0 saturated carbocycles. The molecule has 1 heterocycles. The van der Waals surface area contributed by atoms with E-state index in [2.05, 4.69) is 9.72 Å². The molecule has 0 aliphatic carbocycles. The van der Waals surface area contributed by atoms with Crippen LogP contribution in [0.2, 0.25) is 5.15 Å². The van der Waals surface area contributed by atoms with Crippen LogP contribution in [0, 0.1) is 0 Å². The van der Waals surface area contributed by atoms with Gasteiger partial charge >= 0.3 is 5.97 Å². The van der Waals surface area contributed by atoms with Gasteiger partial charge in [0.15, 0.2) is 0 Å². The van der Waals surface area contributed by atoms with E-state index < -0.39 is 0 Å². The summed E-state index contributed by atoms with van der Waals surface area (Å²) in [6.45, 7) is 2.62. The predicted octanol–water partition coefficient (Wildman–Crippen LogP) is 1.76. The number of hydrogen-bond acceptors (Lipinski definition) is 4. The third-order valence-electron chi connectivity index (χ3n) is 2.42. The number of pyridine rings is 1. The van der Waals surface area contributed by atoms with Crippen molar-refractivity contribution < 1.29 is 14.3 Å². The van der Waals surface area contributed by atoms with Crippen LogP contribution in [0.5, 0.6) is 0 Å². The van der Waals surface area contributed by atoms with Crippen molar-refractivity contribution in [3.8, 4) is 0 Å². The first kappa shape index (κ1) is 14.4. The molecule has 0 aliphatic rings. The fourth-order valence-corrected chi connectivity index (χ4v) is 1.58. The standard InChI is InChI=1S/C12H15ClN2O3/c1-3-15(8-7-11(16)18-2)12(17)9-5-4-6-10(13)14-9/h4-6H,3,7-8H2,1-2H3. The third kappa shape index (κ3) is 4.00. The van der Waals surface area contributed by atoms with E-state index in [-0.39, 0.29) is 29.1 Å². The van der Waals surface area contributed by atoms with Crippen molar-refractivity contribution in [3.63, 3.8) is 0 Å². The van der Waals surface area contributed by atoms with Gasteiger partial charge in [-0.25, -0.2) is 4.98 Å². The summed E-state index contributed by atoms with van der Waals surface area (Å²) < 4.78 is 4.54. The lowest BCUT2D eigenvalue weighted by atomic mass is 10.3. The predicted molar refractivity (Wildman–Crippen MR) is 67.5 cm³/mol. The first-order valence-electron chi connectivity index (χ1n) is 5.57. The molecule has 0 unspecified atom stereocenters. The molecule has 5 nitrogen and oxygen atoms in total. The van der Waals surface area contributed by atoms with Gasteiger partial charge in [0.05, 0.1) is 13.5 Å². The molecule has 0 bridgehead atoms. The molecule has 1 aromatic heterocycles. The quantitative estimate of drug-likeness (QED) is 0.604. The SMILES string of the molecule is CCN(CCC(=O)OC)C(=O)c1cccc(Cl)n1. The summed E-state index contributed by atoms with van der Waals surface area (Å²) in [6.07, 6.45) is 0.163. The number of rotatable bonds is 5. The molecule has 98 valence electrons. The largest absolute Gasteiger partial charge is 0.469 e. The molecule has 0 saturated heterocycles. The second-order valence-corrected chi connectivity index (χ2v) is 3.94. The van der Waals surface area contributed by atoms with E-state index >= 15 is 0 Å². The second kappa shape index (κ2) is 6.96. The van der Waals surface area contributed by atoms with Crippen molar-refractivity contribution in [2.45, 2.75) is 13.3 Å². The highest BCUT2D eigenvalue weighted by molar-refractivity contribution is 6.29. The van der Waals surface area contributed by atoms with Gasteiger partial charge < -0.3 is 9.64 Å². The van der Waals surface area contributed by atoms with Crippen molar-refractivity contribution in [3.05, 3.63) is 29.0 Å². The van der Waals surface area contributed by atoms with E-state index in [4.69, 9.17) is 11.6 Å². The number of carbonyl (C=O) groups is 2. The van der Waals surface area contributed by atoms with Crippen LogP contribution < -0.4 is 0 Å². The Hall–Kier alpha value is -1.62. The average molecular weight is 271 g/mol. The van der Waals surface area contributed by atoms with E-state index in [1.807, 2.05) is 6.92 Å². The maximum Gasteiger partial charge on any atom is 0.307 e. The summed E-state index contributed by atoms with van der Waals surface area (Å²) in [7, 11) is 1.32. The maximum atomic E-state index is 12.1. The number of amides is 1. The number of nitrogens with zero attached hydrogens (tertiary/aromatic N) is 2. The van der Waals surface area contributed by atoms with Crippen molar-refractivity contribution in [1.29, 1.82) is 0 Å². The van der Waals surface area contributed by atoms with Gasteiger partial charge in [-0.1, -0.05) is 17.7 Å². The summed E-state index contributed by atoms with van der Waals surface area (Å²) in [5.74, 6) is -0.593. The molecule has 0 atom stereocenters. The van der Waals surface area contributed by atoms with Crippen LogP contribution in [0.4, 0.5) is 0 Å². The number of hydrogen-bond donors (Lipinski definition) is 0. The van der Waals surface area contributed by atoms with E-state index in [1.54, 1.807) is 18.2 Å². The van der Waals surface area contributed by atoms with Crippen LogP contribution in [0.1, 0.15) is 23.8 Å². The number of carbonyl (C=O) groups excluding carboxylic acids is 2. The van der Waals surface area contributed by atoms with E-state index in [0.29, 0.717) is 13.1 Å². The summed E-state index contributed by atoms with van der Waals surface area (Å²) in [5, 5.41) is 0.268. The summed E-state index contributed by atoms with van der Waals surface area (Å²) in [4.78, 5) is 28.6. The highest BCUT2D eigenvalue weighted by Crippen LogP contribution is 2.08. The normalized spacial score (nSPS) is 9.94. The lowest BCUT2D eigenvalue weighted by Gasteiger charge is -2.19. The van der Waals surface area contributed by atoms with Gasteiger partial charge in [-0.05, 0) is 19.1 Å². The maximum absolute atomic E-state index is 12.1. The fourth-order valence-electron chi connectivity index (χ4n) is 1.42. The number of esters is 1. The van der Waals surface area contributed by atoms with Crippen molar-refractivity contribution >= 4 is 23.5 Å². The zero-order chi connectivity index (χ0) is 13.5. The molecule has 0 aromatic carbocycles. The van der Waals surface area contributed by atoms with Crippen LogP contribution in [-0.4, -0.2) is 42.0 Å². The molecule has 0 aliphatic heterocycles. The molecular weight excluding hydrogens is 256 g/mol. The topological polar surface area (TPSA) is 59.5 Å². The van der Waals surface area contributed by atoms with Gasteiger partial charge in [-0.15, -0.1) is 0 Å². The average Bonchev–Trinajstić information content (AvgIpc) is 2.38. The van der Waals surface area contributed by atoms with Gasteiger partial charge in [-0.3, -0.25) is 9.59 Å². The van der Waals surface area contributed by atoms with Crippen LogP contribution in [-0.2, 0) is 9.53 Å². The highest BCUT2D eigenvalue weighted by atomic mass is 35.5. The molecular formula is C12H15ClN2O3. The lowest BCUT2D eigenvalue weighted by Crippen LogP contribution is -2.33. The summed E-state index contributed by atoms with van der Waals surface area (Å²) in [6, 6.07) is 4.86. The van der Waals surface area contributed by atoms with Crippen molar-refractivity contribution in [2.24, 2.45) is 0 Å². The van der Waals surface area contributed by atoms with Gasteiger partial charge in [0.1, 0.15) is 10.8 Å². The third-order valence-corrected chi connectivity index (χ3v) is 2.63. The number of ether oxygens (including phenoxy) is 1. The molecule has 6 heteroatoms. The Kier molecular flexibility index (Phi) is 5.58. The minimum Gasteiger partial charge on any atom is -0.469 e. The Morgan fingerprint density at radius 1 is 1.44 bits per heavy atom. The number of methoxy groups -OCH3 is 1. The smallest absolute Gasteiger partial charge is 0.307 e. The summed E-state index contributed by atoms with van der Waals surface area (Å²) in [5.41, 5.74) is 0.272. The Balaban J connectivity index is 2.70. The van der Waals surface area contributed by atoms with Crippen LogP contribution in [0.15, 0.2) is 18.2 Å². The molecule has 0 N–H and O–H groups in total. The Bertz CT molecular complexity index is 437. The van der Waals surface area contributed by atoms with Gasteiger partial charge in [-0.2, -0.15) is 0 Å². The zero-order valence-corrected chi connectivity index (χ0v) is 11.1. The Morgan fingerprint density at radius 2 is 2.17 bits per heavy atom. The van der Waals surface area contributed by atoms with Gasteiger partial charge in [0.25, 0.3) is 5.91 Å². The van der Waals surface area contributed by atoms with Crippen LogP contribution in [0.25, 0.3) is 0 Å². The fraction of sp³-hybridized carbons (Fsp3) is 0.417. The molecule has 0 fully saturated rings. The minimum atomic E-state index is -0.347. The molecule has 18 heavy (non-hydrogen) atoms. The van der Waals surface area contributed by atoms with E-state index in [1.165, 1.54) is 12.0 Å². The van der Waals surface area contributed by atoms with Crippen LogP contribution >= 0.6 is 11.6 Å². The molecule has 1 aromatic rings. The van der Waals surface area contributed by atoms with E-state index in [0.717, 1.165) is 0 Å². The Morgan fingerprint density at radius 3 is 2.72 bits per heavy atom. The number of halogens is 1. The lowest BCUT2D eigenvalue weighted by molar-refractivity contribution is -0.140. The zero-order valence-electron chi connectivity index (χ0n) is 10.4. The molecule has 1 amide bonds. The van der Waals surface area contributed by atoms with Crippen molar-refractivity contribution in [1.82, 2.24) is 9.88 Å². The van der Waals surface area contributed by atoms with E-state index in [9.17, 15) is 9.59 Å². The molecule has 0 spiro atoms. The molecule has 0 radical (unpaired) electrons. The number of aromatic nitrogens is 1. The monoisotopic (exact) mass is 270 g/mol. The molecule has 1 rings (SSSR count). The minimum absolute atomic E-state index is 0.163. The second-order valence-electron chi connectivity index (χ2n) is 3.56. The summed E-state index contributed by atoms with van der Waals surface area (Å²) >= 11 is 5.73.